The fourth-order valence-electron chi connectivity index (χ4n) is 2.60. The van der Waals surface area contributed by atoms with Crippen molar-refractivity contribution in [2.45, 2.75) is 6.04 Å². The predicted molar refractivity (Wildman–Crippen MR) is 66.4 cm³/mol. The molecule has 1 aromatic rings. The van der Waals surface area contributed by atoms with Crippen LogP contribution >= 0.6 is 11.6 Å². The number of rotatable bonds is 0. The van der Waals surface area contributed by atoms with Crippen LogP contribution in [0.2, 0.25) is 5.02 Å². The highest BCUT2D eigenvalue weighted by molar-refractivity contribution is 6.31. The van der Waals surface area contributed by atoms with E-state index < -0.39 is 0 Å². The summed E-state index contributed by atoms with van der Waals surface area (Å²) in [6.45, 7) is 2.28. The van der Waals surface area contributed by atoms with Crippen molar-refractivity contribution >= 4 is 23.0 Å². The van der Waals surface area contributed by atoms with Crippen LogP contribution in [0.15, 0.2) is 12.1 Å². The molecule has 92 valence electrons. The molecule has 0 bridgehead atoms. The zero-order valence-electron chi connectivity index (χ0n) is 9.54. The van der Waals surface area contributed by atoms with Gasteiger partial charge >= 0.3 is 0 Å². The van der Waals surface area contributed by atoms with Crippen LogP contribution in [0.4, 0.5) is 15.8 Å². The van der Waals surface area contributed by atoms with E-state index in [-0.39, 0.29) is 10.8 Å². The van der Waals surface area contributed by atoms with Crippen molar-refractivity contribution in [3.63, 3.8) is 0 Å². The fourth-order valence-corrected chi connectivity index (χ4v) is 2.76. The number of anilines is 2. The Labute approximate surface area is 105 Å². The molecule has 1 aromatic carbocycles. The van der Waals surface area contributed by atoms with Crippen molar-refractivity contribution in [3.05, 3.63) is 23.0 Å². The third-order valence-electron chi connectivity index (χ3n) is 3.64. The van der Waals surface area contributed by atoms with Gasteiger partial charge in [0.15, 0.2) is 0 Å². The minimum Gasteiger partial charge on any atom is -0.383 e. The molecular weight excluding hydrogens is 243 g/mol. The molecule has 3 nitrogen and oxygen atoms in total. The number of nitrogens with zero attached hydrogens (tertiary/aromatic N) is 1. The van der Waals surface area contributed by atoms with Gasteiger partial charge in [0.1, 0.15) is 5.82 Å². The van der Waals surface area contributed by atoms with E-state index >= 15 is 0 Å². The molecule has 3 rings (SSSR count). The summed E-state index contributed by atoms with van der Waals surface area (Å²) < 4.78 is 18.9. The van der Waals surface area contributed by atoms with Crippen LogP contribution in [0.3, 0.4) is 0 Å². The van der Waals surface area contributed by atoms with Crippen LogP contribution in [0.5, 0.6) is 0 Å². The maximum absolute atomic E-state index is 13.4. The molecule has 0 aliphatic carbocycles. The average molecular weight is 257 g/mol. The van der Waals surface area contributed by atoms with E-state index in [9.17, 15) is 4.39 Å². The lowest BCUT2D eigenvalue weighted by Gasteiger charge is -2.27. The Morgan fingerprint density at radius 3 is 3.12 bits per heavy atom. The standard InChI is InChI=1S/C12H14ClFN2O/c1-16-11-2-8(13)9(14)3-10(11)15-4-7-5-17-6-12(7)16/h2-3,7,12,15H,4-6H2,1H3. The topological polar surface area (TPSA) is 24.5 Å². The molecule has 2 heterocycles. The molecule has 1 fully saturated rings. The lowest BCUT2D eigenvalue weighted by atomic mass is 10.0. The van der Waals surface area contributed by atoms with Crippen molar-refractivity contribution in [2.75, 3.05) is 37.0 Å². The maximum atomic E-state index is 13.4. The van der Waals surface area contributed by atoms with E-state index in [0.29, 0.717) is 12.0 Å². The number of halogens is 2. The van der Waals surface area contributed by atoms with E-state index in [0.717, 1.165) is 31.1 Å². The Morgan fingerprint density at radius 1 is 1.47 bits per heavy atom. The second-order valence-corrected chi connectivity index (χ2v) is 5.05. The molecule has 2 aliphatic rings. The van der Waals surface area contributed by atoms with Gasteiger partial charge in [0.05, 0.1) is 35.7 Å². The molecule has 2 aliphatic heterocycles. The molecule has 1 N–H and O–H groups in total. The van der Waals surface area contributed by atoms with E-state index in [4.69, 9.17) is 16.3 Å². The molecule has 2 atom stereocenters. The summed E-state index contributed by atoms with van der Waals surface area (Å²) in [7, 11) is 2.01. The number of hydrogen-bond acceptors (Lipinski definition) is 3. The van der Waals surface area contributed by atoms with Crippen LogP contribution in [-0.2, 0) is 4.74 Å². The van der Waals surface area contributed by atoms with Crippen molar-refractivity contribution in [1.29, 1.82) is 0 Å². The summed E-state index contributed by atoms with van der Waals surface area (Å²) in [5.41, 5.74) is 1.75. The molecule has 0 amide bonds. The SMILES string of the molecule is CN1c2cc(Cl)c(F)cc2NCC2COCC21. The van der Waals surface area contributed by atoms with E-state index in [2.05, 4.69) is 10.2 Å². The first-order valence-corrected chi connectivity index (χ1v) is 6.08. The van der Waals surface area contributed by atoms with Crippen LogP contribution in [-0.4, -0.2) is 32.8 Å². The molecule has 0 aromatic heterocycles. The lowest BCUT2D eigenvalue weighted by Crippen LogP contribution is -2.37. The van der Waals surface area contributed by atoms with Gasteiger partial charge < -0.3 is 15.0 Å². The highest BCUT2D eigenvalue weighted by Crippen LogP contribution is 2.36. The van der Waals surface area contributed by atoms with Crippen molar-refractivity contribution in [3.8, 4) is 0 Å². The molecule has 1 saturated heterocycles. The van der Waals surface area contributed by atoms with Crippen LogP contribution < -0.4 is 10.2 Å². The smallest absolute Gasteiger partial charge is 0.143 e. The maximum Gasteiger partial charge on any atom is 0.143 e. The first kappa shape index (κ1) is 11.1. The highest BCUT2D eigenvalue weighted by Gasteiger charge is 2.34. The van der Waals surface area contributed by atoms with E-state index in [1.54, 1.807) is 6.07 Å². The number of benzene rings is 1. The first-order chi connectivity index (χ1) is 8.16. The monoisotopic (exact) mass is 256 g/mol. The van der Waals surface area contributed by atoms with Gasteiger partial charge in [-0.3, -0.25) is 0 Å². The quantitative estimate of drug-likeness (QED) is 0.771. The zero-order valence-corrected chi connectivity index (χ0v) is 10.3. The normalized spacial score (nSPS) is 27.1. The molecule has 5 heteroatoms. The van der Waals surface area contributed by atoms with Gasteiger partial charge in [-0.15, -0.1) is 0 Å². The van der Waals surface area contributed by atoms with Crippen molar-refractivity contribution < 1.29 is 9.13 Å². The Balaban J connectivity index is 2.05. The number of nitrogens with one attached hydrogen (secondary N) is 1. The average Bonchev–Trinajstić information content (AvgIpc) is 2.73. The summed E-state index contributed by atoms with van der Waals surface area (Å²) in [6.07, 6.45) is 0. The van der Waals surface area contributed by atoms with Crippen LogP contribution in [0, 0.1) is 11.7 Å². The van der Waals surface area contributed by atoms with Gasteiger partial charge in [0, 0.05) is 25.6 Å². The van der Waals surface area contributed by atoms with Gasteiger partial charge in [0.2, 0.25) is 0 Å². The Bertz CT molecular complexity index is 454. The van der Waals surface area contributed by atoms with Crippen LogP contribution in [0.25, 0.3) is 0 Å². The van der Waals surface area contributed by atoms with Gasteiger partial charge in [-0.05, 0) is 6.07 Å². The molecule has 17 heavy (non-hydrogen) atoms. The minimum atomic E-state index is -0.380. The largest absolute Gasteiger partial charge is 0.383 e. The Hall–Kier alpha value is -1.00. The van der Waals surface area contributed by atoms with E-state index in [1.165, 1.54) is 6.07 Å². The number of fused-ring (bicyclic) bond motifs is 2. The first-order valence-electron chi connectivity index (χ1n) is 5.70. The van der Waals surface area contributed by atoms with Crippen molar-refractivity contribution in [1.82, 2.24) is 0 Å². The van der Waals surface area contributed by atoms with E-state index in [1.807, 2.05) is 7.05 Å². The van der Waals surface area contributed by atoms with Gasteiger partial charge in [0.25, 0.3) is 0 Å². The molecule has 2 unspecified atom stereocenters. The molecule has 0 saturated carbocycles. The molecular formula is C12H14ClFN2O. The Kier molecular flexibility index (Phi) is 2.64. The summed E-state index contributed by atoms with van der Waals surface area (Å²) in [4.78, 5) is 2.14. The molecule has 0 radical (unpaired) electrons. The lowest BCUT2D eigenvalue weighted by molar-refractivity contribution is 0.185. The number of hydrogen-bond donors (Lipinski definition) is 1. The van der Waals surface area contributed by atoms with Crippen LogP contribution in [0.1, 0.15) is 0 Å². The predicted octanol–water partition coefficient (Wildman–Crippen LogP) is 2.36. The fraction of sp³-hybridized carbons (Fsp3) is 0.500. The summed E-state index contributed by atoms with van der Waals surface area (Å²) >= 11 is 5.85. The number of likely N-dealkylation sites (N-methyl/N-ethyl adjacent to an activating group) is 1. The molecule has 0 spiro atoms. The van der Waals surface area contributed by atoms with Gasteiger partial charge in [-0.2, -0.15) is 0 Å². The second-order valence-electron chi connectivity index (χ2n) is 4.64. The number of ether oxygens (including phenoxy) is 1. The zero-order chi connectivity index (χ0) is 12.0. The third-order valence-corrected chi connectivity index (χ3v) is 3.93. The second kappa shape index (κ2) is 4.03. The van der Waals surface area contributed by atoms with Crippen molar-refractivity contribution in [2.24, 2.45) is 5.92 Å². The summed E-state index contributed by atoms with van der Waals surface area (Å²) in [6, 6.07) is 3.49. The minimum absolute atomic E-state index is 0.162. The highest BCUT2D eigenvalue weighted by atomic mass is 35.5. The summed E-state index contributed by atoms with van der Waals surface area (Å²) in [5, 5.41) is 3.44. The third kappa shape index (κ3) is 1.76. The Morgan fingerprint density at radius 2 is 2.29 bits per heavy atom. The summed E-state index contributed by atoms with van der Waals surface area (Å²) in [5.74, 6) is 0.0591. The van der Waals surface area contributed by atoms with Gasteiger partial charge in [-0.1, -0.05) is 11.6 Å². The van der Waals surface area contributed by atoms with Gasteiger partial charge in [-0.25, -0.2) is 4.39 Å².